The van der Waals surface area contributed by atoms with Gasteiger partial charge in [-0.05, 0) is 52.4 Å². The molecule has 0 aliphatic carbocycles. The SMILES string of the molecule is COC(=O)COc1ccc(/C=C(\C#N)C(=O)Nc2cccc([N+](=O)[O-])c2)cc1I. The van der Waals surface area contributed by atoms with Gasteiger partial charge in [0.2, 0.25) is 0 Å². The van der Waals surface area contributed by atoms with E-state index < -0.39 is 16.8 Å². The highest BCUT2D eigenvalue weighted by Gasteiger charge is 2.13. The summed E-state index contributed by atoms with van der Waals surface area (Å²) < 4.78 is 10.5. The average Bonchev–Trinajstić information content (AvgIpc) is 2.71. The van der Waals surface area contributed by atoms with E-state index in [0.717, 1.165) is 0 Å². The molecule has 10 heteroatoms. The summed E-state index contributed by atoms with van der Waals surface area (Å²) in [5, 5.41) is 22.6. The molecule has 0 bridgehead atoms. The first-order chi connectivity index (χ1) is 13.8. The molecule has 0 atom stereocenters. The number of nitrogens with one attached hydrogen (secondary N) is 1. The Morgan fingerprint density at radius 3 is 2.69 bits per heavy atom. The maximum Gasteiger partial charge on any atom is 0.343 e. The summed E-state index contributed by atoms with van der Waals surface area (Å²) in [4.78, 5) is 33.7. The fraction of sp³-hybridized carbons (Fsp3) is 0.105. The number of benzene rings is 2. The number of anilines is 1. The zero-order chi connectivity index (χ0) is 21.4. The zero-order valence-corrected chi connectivity index (χ0v) is 17.2. The maximum atomic E-state index is 12.3. The normalized spacial score (nSPS) is 10.6. The summed E-state index contributed by atoms with van der Waals surface area (Å²) in [5.41, 5.74) is 0.398. The minimum atomic E-state index is -0.700. The number of nitro benzene ring substituents is 1. The zero-order valence-electron chi connectivity index (χ0n) is 15.0. The molecule has 29 heavy (non-hydrogen) atoms. The van der Waals surface area contributed by atoms with Crippen molar-refractivity contribution in [2.75, 3.05) is 19.0 Å². The van der Waals surface area contributed by atoms with Crippen LogP contribution >= 0.6 is 22.6 Å². The third-order valence-electron chi connectivity index (χ3n) is 3.52. The summed E-state index contributed by atoms with van der Waals surface area (Å²) in [7, 11) is 1.26. The molecule has 2 rings (SSSR count). The molecule has 0 unspecified atom stereocenters. The van der Waals surface area contributed by atoms with Crippen LogP contribution in [0.5, 0.6) is 5.75 Å². The Balaban J connectivity index is 2.16. The van der Waals surface area contributed by atoms with Gasteiger partial charge in [-0.2, -0.15) is 5.26 Å². The molecule has 2 aromatic carbocycles. The molecule has 0 saturated carbocycles. The maximum absolute atomic E-state index is 12.3. The molecule has 0 aromatic heterocycles. The number of carbonyl (C=O) groups is 2. The monoisotopic (exact) mass is 507 g/mol. The fourth-order valence-corrected chi connectivity index (χ4v) is 2.83. The van der Waals surface area contributed by atoms with Gasteiger partial charge in [0.15, 0.2) is 6.61 Å². The molecule has 0 radical (unpaired) electrons. The van der Waals surface area contributed by atoms with Crippen LogP contribution in [0.1, 0.15) is 5.56 Å². The van der Waals surface area contributed by atoms with Crippen molar-refractivity contribution < 1.29 is 24.0 Å². The number of nitro groups is 1. The number of non-ortho nitro benzene ring substituents is 1. The number of rotatable bonds is 7. The lowest BCUT2D eigenvalue weighted by Crippen LogP contribution is -2.13. The first-order valence-electron chi connectivity index (χ1n) is 8.01. The van der Waals surface area contributed by atoms with E-state index in [0.29, 0.717) is 14.9 Å². The van der Waals surface area contributed by atoms with E-state index in [1.807, 2.05) is 28.7 Å². The van der Waals surface area contributed by atoms with Crippen LogP contribution in [0.25, 0.3) is 6.08 Å². The number of ether oxygens (including phenoxy) is 2. The van der Waals surface area contributed by atoms with E-state index in [9.17, 15) is 25.0 Å². The predicted octanol–water partition coefficient (Wildman–Crippen LogP) is 3.30. The van der Waals surface area contributed by atoms with Crippen molar-refractivity contribution in [3.05, 3.63) is 67.3 Å². The molecule has 9 nitrogen and oxygen atoms in total. The van der Waals surface area contributed by atoms with Gasteiger partial charge in [-0.25, -0.2) is 4.79 Å². The molecule has 2 aromatic rings. The Bertz CT molecular complexity index is 1030. The lowest BCUT2D eigenvalue weighted by molar-refractivity contribution is -0.384. The van der Waals surface area contributed by atoms with Crippen molar-refractivity contribution in [3.8, 4) is 11.8 Å². The van der Waals surface area contributed by atoms with Crippen LogP contribution in [-0.2, 0) is 14.3 Å². The predicted molar refractivity (Wildman–Crippen MR) is 112 cm³/mol. The fourth-order valence-electron chi connectivity index (χ4n) is 2.13. The first-order valence-corrected chi connectivity index (χ1v) is 9.08. The highest BCUT2D eigenvalue weighted by Crippen LogP contribution is 2.24. The van der Waals surface area contributed by atoms with E-state index in [4.69, 9.17) is 4.74 Å². The Hall–Kier alpha value is -3.46. The number of halogens is 1. The number of carbonyl (C=O) groups excluding carboxylic acids is 2. The number of hydrogen-bond donors (Lipinski definition) is 1. The standard InChI is InChI=1S/C19H14IN3O6/c1-28-18(24)11-29-17-6-5-12(8-16(17)20)7-13(10-21)19(25)22-14-3-2-4-15(9-14)23(26)27/h2-9H,11H2,1H3,(H,22,25)/b13-7+. The third-order valence-corrected chi connectivity index (χ3v) is 4.36. The molecule has 0 fully saturated rings. The van der Waals surface area contributed by atoms with Gasteiger partial charge in [0.25, 0.3) is 11.6 Å². The summed E-state index contributed by atoms with van der Waals surface area (Å²) in [5.74, 6) is -0.768. The Morgan fingerprint density at radius 2 is 2.07 bits per heavy atom. The first kappa shape index (κ1) is 21.8. The van der Waals surface area contributed by atoms with Crippen LogP contribution in [0, 0.1) is 25.0 Å². The van der Waals surface area contributed by atoms with E-state index in [2.05, 4.69) is 10.1 Å². The smallest absolute Gasteiger partial charge is 0.343 e. The molecule has 0 saturated heterocycles. The largest absolute Gasteiger partial charge is 0.481 e. The number of methoxy groups -OCH3 is 1. The van der Waals surface area contributed by atoms with Gasteiger partial charge in [-0.3, -0.25) is 14.9 Å². The molecule has 0 heterocycles. The van der Waals surface area contributed by atoms with E-state index >= 15 is 0 Å². The molecule has 0 aliphatic rings. The quantitative estimate of drug-likeness (QED) is 0.152. The van der Waals surface area contributed by atoms with Crippen molar-refractivity contribution in [2.45, 2.75) is 0 Å². The summed E-state index contributed by atoms with van der Waals surface area (Å²) >= 11 is 2.00. The molecule has 0 aliphatic heterocycles. The molecule has 1 amide bonds. The minimum absolute atomic E-state index is 0.178. The van der Waals surface area contributed by atoms with Crippen molar-refractivity contribution in [1.82, 2.24) is 0 Å². The highest BCUT2D eigenvalue weighted by atomic mass is 127. The van der Waals surface area contributed by atoms with Gasteiger partial charge < -0.3 is 14.8 Å². The van der Waals surface area contributed by atoms with Crippen LogP contribution in [0.15, 0.2) is 48.0 Å². The van der Waals surface area contributed by atoms with Gasteiger partial charge in [0.1, 0.15) is 17.4 Å². The van der Waals surface area contributed by atoms with Crippen LogP contribution in [0.4, 0.5) is 11.4 Å². The second kappa shape index (κ2) is 10.2. The van der Waals surface area contributed by atoms with Crippen LogP contribution in [0.2, 0.25) is 0 Å². The van der Waals surface area contributed by atoms with E-state index in [1.165, 1.54) is 37.5 Å². The van der Waals surface area contributed by atoms with Gasteiger partial charge in [-0.15, -0.1) is 0 Å². The van der Waals surface area contributed by atoms with Crippen LogP contribution in [0.3, 0.4) is 0 Å². The molecular formula is C19H14IN3O6. The Morgan fingerprint density at radius 1 is 1.31 bits per heavy atom. The topological polar surface area (TPSA) is 132 Å². The molecule has 148 valence electrons. The number of nitriles is 1. The second-order valence-electron chi connectivity index (χ2n) is 5.49. The number of esters is 1. The van der Waals surface area contributed by atoms with Crippen LogP contribution < -0.4 is 10.1 Å². The minimum Gasteiger partial charge on any atom is -0.481 e. The summed E-state index contributed by atoms with van der Waals surface area (Å²) in [6.07, 6.45) is 1.37. The van der Waals surface area contributed by atoms with E-state index in [-0.39, 0.29) is 23.6 Å². The van der Waals surface area contributed by atoms with E-state index in [1.54, 1.807) is 18.2 Å². The Kier molecular flexibility index (Phi) is 7.67. The van der Waals surface area contributed by atoms with Gasteiger partial charge in [-0.1, -0.05) is 12.1 Å². The lowest BCUT2D eigenvalue weighted by atomic mass is 10.1. The van der Waals surface area contributed by atoms with Crippen molar-refractivity contribution in [2.24, 2.45) is 0 Å². The summed E-state index contributed by atoms with van der Waals surface area (Å²) in [6, 6.07) is 12.1. The van der Waals surface area contributed by atoms with Gasteiger partial charge >= 0.3 is 5.97 Å². The number of hydrogen-bond acceptors (Lipinski definition) is 7. The molecular weight excluding hydrogens is 493 g/mol. The highest BCUT2D eigenvalue weighted by molar-refractivity contribution is 14.1. The van der Waals surface area contributed by atoms with Crippen molar-refractivity contribution in [1.29, 1.82) is 5.26 Å². The van der Waals surface area contributed by atoms with Gasteiger partial charge in [0, 0.05) is 17.8 Å². The Labute approximate surface area is 179 Å². The van der Waals surface area contributed by atoms with Gasteiger partial charge in [0.05, 0.1) is 15.6 Å². The lowest BCUT2D eigenvalue weighted by Gasteiger charge is -2.08. The third kappa shape index (κ3) is 6.28. The average molecular weight is 507 g/mol. The van der Waals surface area contributed by atoms with Crippen LogP contribution in [-0.4, -0.2) is 30.5 Å². The molecule has 0 spiro atoms. The van der Waals surface area contributed by atoms with Crippen molar-refractivity contribution in [3.63, 3.8) is 0 Å². The number of amides is 1. The summed E-state index contributed by atoms with van der Waals surface area (Å²) in [6.45, 7) is -0.239. The van der Waals surface area contributed by atoms with Crippen molar-refractivity contribution >= 4 is 51.9 Å². The number of nitrogens with zero attached hydrogens (tertiary/aromatic N) is 2. The second-order valence-corrected chi connectivity index (χ2v) is 6.65. The molecule has 1 N–H and O–H groups in total.